The van der Waals surface area contributed by atoms with E-state index in [4.69, 9.17) is 9.47 Å². The summed E-state index contributed by atoms with van der Waals surface area (Å²) in [5, 5.41) is 2.62. The van der Waals surface area contributed by atoms with Crippen LogP contribution in [-0.4, -0.2) is 30.0 Å². The number of benzene rings is 2. The van der Waals surface area contributed by atoms with Gasteiger partial charge in [0.25, 0.3) is 5.91 Å². The van der Waals surface area contributed by atoms with Gasteiger partial charge in [0.2, 0.25) is 0 Å². The van der Waals surface area contributed by atoms with Gasteiger partial charge in [0.15, 0.2) is 11.5 Å². The van der Waals surface area contributed by atoms with E-state index in [1.165, 1.54) is 0 Å². The number of imide groups is 1. The van der Waals surface area contributed by atoms with Crippen LogP contribution in [0, 0.1) is 0 Å². The number of carbonyl (C=O) groups is 2. The summed E-state index contributed by atoms with van der Waals surface area (Å²) in [4.78, 5) is 25.5. The SMILES string of the molecule is C=CCc1cc(/C=C2/NC(=O)N(CC)C2=O)cc(OCC)c1OCc1ccccc1. The van der Waals surface area contributed by atoms with Gasteiger partial charge in [0.05, 0.1) is 6.61 Å². The zero-order chi connectivity index (χ0) is 21.5. The summed E-state index contributed by atoms with van der Waals surface area (Å²) in [6.45, 7) is 8.69. The normalized spacial score (nSPS) is 14.7. The molecule has 3 rings (SSSR count). The molecule has 6 nitrogen and oxygen atoms in total. The highest BCUT2D eigenvalue weighted by molar-refractivity contribution is 6.13. The standard InChI is InChI=1S/C24H26N2O4/c1-4-10-19-13-18(14-20-23(27)26(5-2)24(28)25-20)15-21(29-6-3)22(19)30-16-17-11-8-7-9-12-17/h4,7-9,11-15H,1,5-6,10,16H2,2-3H3,(H,25,28)/b20-14+. The number of carbonyl (C=O) groups excluding carboxylic acids is 2. The minimum absolute atomic E-state index is 0.242. The third-order valence-electron chi connectivity index (χ3n) is 4.63. The molecule has 1 aliphatic heterocycles. The molecule has 3 amide bonds. The summed E-state index contributed by atoms with van der Waals surface area (Å²) in [5.41, 5.74) is 2.92. The molecule has 0 aliphatic carbocycles. The van der Waals surface area contributed by atoms with Crippen molar-refractivity contribution in [1.29, 1.82) is 0 Å². The first-order valence-corrected chi connectivity index (χ1v) is 9.99. The monoisotopic (exact) mass is 406 g/mol. The first kappa shape index (κ1) is 21.2. The fourth-order valence-corrected chi connectivity index (χ4v) is 3.26. The lowest BCUT2D eigenvalue weighted by Gasteiger charge is -2.17. The van der Waals surface area contributed by atoms with Gasteiger partial charge in [-0.25, -0.2) is 4.79 Å². The van der Waals surface area contributed by atoms with E-state index >= 15 is 0 Å². The Hall–Kier alpha value is -3.54. The van der Waals surface area contributed by atoms with Crippen molar-refractivity contribution in [1.82, 2.24) is 10.2 Å². The molecule has 2 aromatic rings. The fraction of sp³-hybridized carbons (Fsp3) is 0.250. The zero-order valence-electron chi connectivity index (χ0n) is 17.3. The van der Waals surface area contributed by atoms with Gasteiger partial charge < -0.3 is 14.8 Å². The first-order valence-electron chi connectivity index (χ1n) is 9.99. The van der Waals surface area contributed by atoms with Gasteiger partial charge in [0.1, 0.15) is 12.3 Å². The second kappa shape index (κ2) is 9.78. The summed E-state index contributed by atoms with van der Waals surface area (Å²) in [5.74, 6) is 0.901. The van der Waals surface area contributed by atoms with E-state index in [9.17, 15) is 9.59 Å². The Bertz CT molecular complexity index is 967. The average Bonchev–Trinajstić information content (AvgIpc) is 3.01. The number of urea groups is 1. The van der Waals surface area contributed by atoms with E-state index in [0.717, 1.165) is 21.6 Å². The van der Waals surface area contributed by atoms with E-state index in [1.54, 1.807) is 19.1 Å². The van der Waals surface area contributed by atoms with Crippen molar-refractivity contribution >= 4 is 18.0 Å². The van der Waals surface area contributed by atoms with Crippen LogP contribution in [0.15, 0.2) is 60.8 Å². The Morgan fingerprint density at radius 1 is 1.10 bits per heavy atom. The van der Waals surface area contributed by atoms with E-state index in [0.29, 0.717) is 37.7 Å². The molecule has 156 valence electrons. The quantitative estimate of drug-likeness (QED) is 0.383. The van der Waals surface area contributed by atoms with Crippen molar-refractivity contribution < 1.29 is 19.1 Å². The maximum absolute atomic E-state index is 12.4. The van der Waals surface area contributed by atoms with Crippen molar-refractivity contribution in [2.75, 3.05) is 13.2 Å². The Morgan fingerprint density at radius 2 is 1.87 bits per heavy atom. The Kier molecular flexibility index (Phi) is 6.91. The lowest BCUT2D eigenvalue weighted by molar-refractivity contribution is -0.122. The predicted octanol–water partition coefficient (Wildman–Crippen LogP) is 4.31. The van der Waals surface area contributed by atoms with Crippen molar-refractivity contribution in [2.24, 2.45) is 0 Å². The van der Waals surface area contributed by atoms with E-state index in [-0.39, 0.29) is 11.6 Å². The second-order valence-corrected chi connectivity index (χ2v) is 6.74. The Labute approximate surface area is 176 Å². The van der Waals surface area contributed by atoms with Crippen LogP contribution in [0.4, 0.5) is 4.79 Å². The van der Waals surface area contributed by atoms with Gasteiger partial charge >= 0.3 is 6.03 Å². The third-order valence-corrected chi connectivity index (χ3v) is 4.63. The van der Waals surface area contributed by atoms with Gasteiger partial charge in [-0.1, -0.05) is 36.4 Å². The molecule has 0 bridgehead atoms. The molecule has 1 heterocycles. The van der Waals surface area contributed by atoms with E-state index in [2.05, 4.69) is 11.9 Å². The number of hydrogen-bond donors (Lipinski definition) is 1. The molecular weight excluding hydrogens is 380 g/mol. The van der Waals surface area contributed by atoms with E-state index in [1.807, 2.05) is 49.4 Å². The van der Waals surface area contributed by atoms with Crippen molar-refractivity contribution in [3.05, 3.63) is 77.5 Å². The molecule has 1 N–H and O–H groups in total. The van der Waals surface area contributed by atoms with Crippen LogP contribution in [0.1, 0.15) is 30.5 Å². The summed E-state index contributed by atoms with van der Waals surface area (Å²) < 4.78 is 12.0. The molecule has 0 unspecified atom stereocenters. The minimum atomic E-state index is -0.409. The largest absolute Gasteiger partial charge is 0.490 e. The number of ether oxygens (including phenoxy) is 2. The molecule has 1 fully saturated rings. The maximum atomic E-state index is 12.4. The van der Waals surface area contributed by atoms with Gasteiger partial charge in [-0.05, 0) is 49.6 Å². The van der Waals surface area contributed by atoms with E-state index < -0.39 is 6.03 Å². The van der Waals surface area contributed by atoms with Crippen LogP contribution < -0.4 is 14.8 Å². The van der Waals surface area contributed by atoms with Crippen LogP contribution in [0.3, 0.4) is 0 Å². The van der Waals surface area contributed by atoms with Gasteiger partial charge in [0, 0.05) is 12.1 Å². The molecule has 0 atom stereocenters. The number of nitrogens with zero attached hydrogens (tertiary/aromatic N) is 1. The Morgan fingerprint density at radius 3 is 2.50 bits per heavy atom. The van der Waals surface area contributed by atoms with Crippen LogP contribution in [0.5, 0.6) is 11.5 Å². The molecule has 0 aromatic heterocycles. The van der Waals surface area contributed by atoms with Gasteiger partial charge in [-0.2, -0.15) is 0 Å². The highest BCUT2D eigenvalue weighted by Crippen LogP contribution is 2.35. The molecule has 1 saturated heterocycles. The number of nitrogens with one attached hydrogen (secondary N) is 1. The number of likely N-dealkylation sites (N-methyl/N-ethyl adjacent to an activating group) is 1. The second-order valence-electron chi connectivity index (χ2n) is 6.74. The number of hydrogen-bond acceptors (Lipinski definition) is 4. The zero-order valence-corrected chi connectivity index (χ0v) is 17.3. The van der Waals surface area contributed by atoms with Crippen molar-refractivity contribution in [3.63, 3.8) is 0 Å². The van der Waals surface area contributed by atoms with Crippen LogP contribution in [-0.2, 0) is 17.8 Å². The smallest absolute Gasteiger partial charge is 0.328 e. The third kappa shape index (κ3) is 4.71. The molecular formula is C24H26N2O4. The van der Waals surface area contributed by atoms with Gasteiger partial charge in [-0.15, -0.1) is 6.58 Å². The minimum Gasteiger partial charge on any atom is -0.490 e. The number of amides is 3. The summed E-state index contributed by atoms with van der Waals surface area (Å²) in [6, 6.07) is 13.2. The predicted molar refractivity (Wildman–Crippen MR) is 116 cm³/mol. The van der Waals surface area contributed by atoms with Crippen LogP contribution in [0.25, 0.3) is 6.08 Å². The lowest BCUT2D eigenvalue weighted by Crippen LogP contribution is -2.30. The van der Waals surface area contributed by atoms with Crippen LogP contribution in [0.2, 0.25) is 0 Å². The van der Waals surface area contributed by atoms with Crippen molar-refractivity contribution in [2.45, 2.75) is 26.9 Å². The molecule has 0 saturated carbocycles. The Balaban J connectivity index is 1.96. The summed E-state index contributed by atoms with van der Waals surface area (Å²) in [6.07, 6.45) is 4.02. The molecule has 30 heavy (non-hydrogen) atoms. The molecule has 0 spiro atoms. The molecule has 0 radical (unpaired) electrons. The maximum Gasteiger partial charge on any atom is 0.328 e. The number of rotatable bonds is 9. The highest BCUT2D eigenvalue weighted by atomic mass is 16.5. The average molecular weight is 406 g/mol. The fourth-order valence-electron chi connectivity index (χ4n) is 3.26. The van der Waals surface area contributed by atoms with Gasteiger partial charge in [-0.3, -0.25) is 9.69 Å². The first-order chi connectivity index (χ1) is 14.6. The molecule has 6 heteroatoms. The number of allylic oxidation sites excluding steroid dienone is 1. The summed E-state index contributed by atoms with van der Waals surface area (Å²) >= 11 is 0. The lowest BCUT2D eigenvalue weighted by atomic mass is 10.0. The highest BCUT2D eigenvalue weighted by Gasteiger charge is 2.32. The van der Waals surface area contributed by atoms with Crippen molar-refractivity contribution in [3.8, 4) is 11.5 Å². The summed E-state index contributed by atoms with van der Waals surface area (Å²) in [7, 11) is 0. The van der Waals surface area contributed by atoms with Crippen LogP contribution >= 0.6 is 0 Å². The molecule has 1 aliphatic rings. The molecule has 2 aromatic carbocycles. The topological polar surface area (TPSA) is 67.9 Å².